The molecular formula is C24H36N4O4. The van der Waals surface area contributed by atoms with Crippen LogP contribution in [0.2, 0.25) is 0 Å². The van der Waals surface area contributed by atoms with E-state index in [0.717, 1.165) is 12.8 Å². The number of hydrogen-bond donors (Lipinski definition) is 4. The Labute approximate surface area is 190 Å². The molecule has 0 saturated heterocycles. The van der Waals surface area contributed by atoms with Crippen molar-refractivity contribution in [2.75, 3.05) is 25.0 Å². The van der Waals surface area contributed by atoms with Gasteiger partial charge in [0.05, 0.1) is 35.4 Å². The van der Waals surface area contributed by atoms with E-state index in [9.17, 15) is 14.4 Å². The zero-order chi connectivity index (χ0) is 23.4. The lowest BCUT2D eigenvalue weighted by Gasteiger charge is -2.33. The van der Waals surface area contributed by atoms with Gasteiger partial charge in [-0.1, -0.05) is 18.9 Å². The molecule has 3 amide bonds. The molecule has 3 rings (SSSR count). The van der Waals surface area contributed by atoms with Crippen LogP contribution in [0.15, 0.2) is 18.2 Å². The van der Waals surface area contributed by atoms with E-state index in [0.29, 0.717) is 49.0 Å². The van der Waals surface area contributed by atoms with Crippen molar-refractivity contribution in [3.8, 4) is 0 Å². The fourth-order valence-corrected chi connectivity index (χ4v) is 4.14. The summed E-state index contributed by atoms with van der Waals surface area (Å²) < 4.78 is 6.13. The van der Waals surface area contributed by atoms with E-state index in [1.54, 1.807) is 18.2 Å². The van der Waals surface area contributed by atoms with Crippen LogP contribution in [0.3, 0.4) is 0 Å². The van der Waals surface area contributed by atoms with Crippen molar-refractivity contribution in [2.45, 2.75) is 77.0 Å². The number of carbonyl (C=O) groups excluding carboxylic acids is 3. The Hall–Kier alpha value is -2.45. The van der Waals surface area contributed by atoms with Crippen LogP contribution in [0.5, 0.6) is 0 Å². The first-order valence-electron chi connectivity index (χ1n) is 11.5. The average Bonchev–Trinajstić information content (AvgIpc) is 3.33. The lowest BCUT2D eigenvalue weighted by molar-refractivity contribution is -0.124. The molecule has 1 heterocycles. The Bertz CT molecular complexity index is 860. The Kier molecular flexibility index (Phi) is 7.56. The number of ether oxygens (including phenoxy) is 1. The van der Waals surface area contributed by atoms with Gasteiger partial charge in [-0.15, -0.1) is 0 Å². The van der Waals surface area contributed by atoms with Crippen LogP contribution in [0, 0.1) is 0 Å². The van der Waals surface area contributed by atoms with Crippen LogP contribution in [-0.4, -0.2) is 54.6 Å². The zero-order valence-electron chi connectivity index (χ0n) is 19.6. The maximum absolute atomic E-state index is 12.3. The number of benzene rings is 1. The highest BCUT2D eigenvalue weighted by Crippen LogP contribution is 2.25. The van der Waals surface area contributed by atoms with Gasteiger partial charge in [-0.25, -0.2) is 0 Å². The molecule has 0 atom stereocenters. The normalized spacial score (nSPS) is 16.8. The van der Waals surface area contributed by atoms with Crippen molar-refractivity contribution in [1.82, 2.24) is 16.0 Å². The molecule has 0 aromatic heterocycles. The van der Waals surface area contributed by atoms with Crippen molar-refractivity contribution in [3.05, 3.63) is 29.3 Å². The highest BCUT2D eigenvalue weighted by Gasteiger charge is 2.30. The standard InChI is InChI=1S/C24H36N4O4/c1-23(2,28-19(29)14-26-16-8-5-6-9-16)15-32-24(3,4)12-13-25-18-11-7-10-17-20(18)22(31)27-21(17)30/h7,10-11,16,25-26H,5-6,8-9,12-15H2,1-4H3,(H,28,29)(H,27,30,31). The summed E-state index contributed by atoms with van der Waals surface area (Å²) in [5, 5.41) is 12.0. The Morgan fingerprint density at radius 1 is 1.12 bits per heavy atom. The highest BCUT2D eigenvalue weighted by atomic mass is 16.5. The third-order valence-corrected chi connectivity index (χ3v) is 6.01. The van der Waals surface area contributed by atoms with Crippen molar-refractivity contribution in [1.29, 1.82) is 0 Å². The molecule has 8 nitrogen and oxygen atoms in total. The fourth-order valence-electron chi connectivity index (χ4n) is 4.14. The van der Waals surface area contributed by atoms with Crippen LogP contribution in [-0.2, 0) is 9.53 Å². The summed E-state index contributed by atoms with van der Waals surface area (Å²) in [6.07, 6.45) is 5.45. The monoisotopic (exact) mass is 444 g/mol. The summed E-state index contributed by atoms with van der Waals surface area (Å²) in [5.74, 6) is -0.751. The summed E-state index contributed by atoms with van der Waals surface area (Å²) in [6, 6.07) is 5.66. The molecule has 0 unspecified atom stereocenters. The van der Waals surface area contributed by atoms with Crippen LogP contribution in [0.4, 0.5) is 5.69 Å². The average molecular weight is 445 g/mol. The Morgan fingerprint density at radius 2 is 1.84 bits per heavy atom. The number of anilines is 1. The predicted molar refractivity (Wildman–Crippen MR) is 124 cm³/mol. The van der Waals surface area contributed by atoms with Gasteiger partial charge in [0.15, 0.2) is 0 Å². The quantitative estimate of drug-likeness (QED) is 0.391. The summed E-state index contributed by atoms with van der Waals surface area (Å²) in [6.45, 7) is 9.20. The smallest absolute Gasteiger partial charge is 0.261 e. The lowest BCUT2D eigenvalue weighted by atomic mass is 10.0. The van der Waals surface area contributed by atoms with Gasteiger partial charge in [-0.2, -0.15) is 0 Å². The van der Waals surface area contributed by atoms with Crippen molar-refractivity contribution >= 4 is 23.4 Å². The number of nitrogens with one attached hydrogen (secondary N) is 4. The Morgan fingerprint density at radius 3 is 2.56 bits per heavy atom. The van der Waals surface area contributed by atoms with Gasteiger partial charge in [0.1, 0.15) is 0 Å². The van der Waals surface area contributed by atoms with E-state index < -0.39 is 11.1 Å². The molecule has 0 spiro atoms. The minimum atomic E-state index is -0.488. The van der Waals surface area contributed by atoms with Gasteiger partial charge < -0.3 is 20.7 Å². The summed E-state index contributed by atoms with van der Waals surface area (Å²) in [5.41, 5.74) is 0.510. The van der Waals surface area contributed by atoms with Crippen molar-refractivity contribution < 1.29 is 19.1 Å². The van der Waals surface area contributed by atoms with Gasteiger partial charge in [0, 0.05) is 18.3 Å². The largest absolute Gasteiger partial charge is 0.384 e. The molecule has 1 aromatic rings. The first-order chi connectivity index (χ1) is 15.1. The second kappa shape index (κ2) is 10.0. The van der Waals surface area contributed by atoms with Gasteiger partial charge in [-0.3, -0.25) is 19.7 Å². The minimum absolute atomic E-state index is 0.0178. The number of rotatable bonds is 11. The zero-order valence-corrected chi connectivity index (χ0v) is 19.6. The molecule has 176 valence electrons. The number of fused-ring (bicyclic) bond motifs is 1. The molecule has 8 heteroatoms. The van der Waals surface area contributed by atoms with E-state index in [1.165, 1.54) is 12.8 Å². The summed E-state index contributed by atoms with van der Waals surface area (Å²) in [4.78, 5) is 36.2. The molecule has 0 bridgehead atoms. The molecule has 2 aliphatic rings. The number of amides is 3. The van der Waals surface area contributed by atoms with Crippen LogP contribution in [0.1, 0.15) is 80.5 Å². The predicted octanol–water partition coefficient (Wildman–Crippen LogP) is 2.59. The van der Waals surface area contributed by atoms with Gasteiger partial charge in [0.25, 0.3) is 11.8 Å². The molecule has 1 aliphatic carbocycles. The number of carbonyl (C=O) groups is 3. The molecule has 1 saturated carbocycles. The van der Waals surface area contributed by atoms with Gasteiger partial charge in [-0.05, 0) is 59.1 Å². The molecular weight excluding hydrogens is 408 g/mol. The van der Waals surface area contributed by atoms with Gasteiger partial charge in [0.2, 0.25) is 5.91 Å². The third kappa shape index (κ3) is 6.53. The molecule has 1 aromatic carbocycles. The highest BCUT2D eigenvalue weighted by molar-refractivity contribution is 6.23. The van der Waals surface area contributed by atoms with E-state index in [4.69, 9.17) is 4.74 Å². The van der Waals surface area contributed by atoms with E-state index in [-0.39, 0.29) is 17.7 Å². The second-order valence-electron chi connectivity index (χ2n) is 10.0. The Balaban J connectivity index is 1.42. The van der Waals surface area contributed by atoms with E-state index in [2.05, 4.69) is 21.3 Å². The molecule has 32 heavy (non-hydrogen) atoms. The molecule has 1 aliphatic heterocycles. The van der Waals surface area contributed by atoms with E-state index >= 15 is 0 Å². The first kappa shape index (κ1) is 24.2. The van der Waals surface area contributed by atoms with Crippen LogP contribution >= 0.6 is 0 Å². The summed E-state index contributed by atoms with van der Waals surface area (Å²) >= 11 is 0. The fraction of sp³-hybridized carbons (Fsp3) is 0.625. The summed E-state index contributed by atoms with van der Waals surface area (Å²) in [7, 11) is 0. The third-order valence-electron chi connectivity index (χ3n) is 6.01. The lowest BCUT2D eigenvalue weighted by Crippen LogP contribution is -2.51. The second-order valence-corrected chi connectivity index (χ2v) is 10.0. The topological polar surface area (TPSA) is 109 Å². The maximum Gasteiger partial charge on any atom is 0.261 e. The number of imide groups is 1. The van der Waals surface area contributed by atoms with Crippen molar-refractivity contribution in [2.24, 2.45) is 0 Å². The molecule has 1 fully saturated rings. The number of hydrogen-bond acceptors (Lipinski definition) is 6. The van der Waals surface area contributed by atoms with Crippen LogP contribution < -0.4 is 21.3 Å². The maximum atomic E-state index is 12.3. The van der Waals surface area contributed by atoms with Gasteiger partial charge >= 0.3 is 0 Å². The van der Waals surface area contributed by atoms with E-state index in [1.807, 2.05) is 27.7 Å². The van der Waals surface area contributed by atoms with Crippen molar-refractivity contribution in [3.63, 3.8) is 0 Å². The molecule has 0 radical (unpaired) electrons. The first-order valence-corrected chi connectivity index (χ1v) is 11.5. The van der Waals surface area contributed by atoms with Crippen LogP contribution in [0.25, 0.3) is 0 Å². The minimum Gasteiger partial charge on any atom is -0.384 e. The SMILES string of the molecule is CC(C)(COC(C)(C)CCNc1cccc2c1C(=O)NC2=O)NC(=O)CNC1CCCC1. The molecule has 4 N–H and O–H groups in total.